The summed E-state index contributed by atoms with van der Waals surface area (Å²) in [4.78, 5) is 28.7. The average molecular weight is 273 g/mol. The average Bonchev–Trinajstić information content (AvgIpc) is 3.01. The number of rotatable bonds is 2. The number of carboxylic acid groups (broad SMARTS) is 1. The maximum atomic E-state index is 12.4. The Kier molecular flexibility index (Phi) is 2.63. The van der Waals surface area contributed by atoms with E-state index < -0.39 is 17.9 Å². The normalized spacial score (nSPS) is 17.0. The Morgan fingerprint density at radius 2 is 2.15 bits per heavy atom. The fourth-order valence-corrected chi connectivity index (χ4v) is 2.32. The molecule has 102 valence electrons. The number of carboxylic acids is 1. The molecule has 1 unspecified atom stereocenters. The Morgan fingerprint density at radius 3 is 2.80 bits per heavy atom. The third-order valence-electron chi connectivity index (χ3n) is 3.19. The van der Waals surface area contributed by atoms with Crippen molar-refractivity contribution in [3.63, 3.8) is 0 Å². The van der Waals surface area contributed by atoms with Crippen LogP contribution in [0.1, 0.15) is 16.2 Å². The summed E-state index contributed by atoms with van der Waals surface area (Å²) in [6.45, 7) is 0. The summed E-state index contributed by atoms with van der Waals surface area (Å²) >= 11 is 0. The van der Waals surface area contributed by atoms with E-state index in [1.165, 1.54) is 4.90 Å². The van der Waals surface area contributed by atoms with Crippen LogP contribution in [-0.2, 0) is 11.2 Å². The van der Waals surface area contributed by atoms with Crippen molar-refractivity contribution in [3.8, 4) is 0 Å². The molecule has 8 nitrogen and oxygen atoms in total. The van der Waals surface area contributed by atoms with Crippen LogP contribution < -0.4 is 10.6 Å². The van der Waals surface area contributed by atoms with E-state index in [9.17, 15) is 14.7 Å². The number of aliphatic carboxylic acids is 1. The number of hydrogen-bond donors (Lipinski definition) is 3. The van der Waals surface area contributed by atoms with E-state index in [0.717, 1.165) is 5.56 Å². The van der Waals surface area contributed by atoms with Gasteiger partial charge in [-0.2, -0.15) is 4.98 Å². The van der Waals surface area contributed by atoms with E-state index in [1.807, 2.05) is 0 Å². The second-order valence-electron chi connectivity index (χ2n) is 4.40. The van der Waals surface area contributed by atoms with Gasteiger partial charge in [0.1, 0.15) is 6.04 Å². The predicted octanol–water partition coefficient (Wildman–Crippen LogP) is 0.0430. The van der Waals surface area contributed by atoms with Crippen LogP contribution in [0.4, 0.5) is 11.6 Å². The number of para-hydroxylation sites is 1. The lowest BCUT2D eigenvalue weighted by molar-refractivity contribution is -0.138. The minimum atomic E-state index is -1.07. The number of fused-ring (bicyclic) bond motifs is 1. The fraction of sp³-hybridized carbons (Fsp3) is 0.167. The summed E-state index contributed by atoms with van der Waals surface area (Å²) in [5.41, 5.74) is 6.74. The van der Waals surface area contributed by atoms with Crippen LogP contribution in [0.15, 0.2) is 24.3 Å². The number of carbonyl (C=O) groups excluding carboxylic acids is 1. The molecule has 0 bridgehead atoms. The number of nitrogens with two attached hydrogens (primary N) is 1. The molecule has 1 amide bonds. The Labute approximate surface area is 113 Å². The first-order chi connectivity index (χ1) is 9.58. The van der Waals surface area contributed by atoms with Gasteiger partial charge in [0.25, 0.3) is 5.91 Å². The number of benzene rings is 1. The highest BCUT2D eigenvalue weighted by atomic mass is 16.4. The van der Waals surface area contributed by atoms with Crippen LogP contribution in [0, 0.1) is 0 Å². The molecule has 1 aromatic heterocycles. The van der Waals surface area contributed by atoms with Crippen LogP contribution in [0.2, 0.25) is 0 Å². The standard InChI is InChI=1S/C12H11N5O3/c13-12-14-9(15-16-12)10(18)17-7-4-2-1-3-6(7)5-8(17)11(19)20/h1-4,8H,5H2,(H,19,20)(H3,13,14,15,16). The van der Waals surface area contributed by atoms with Crippen molar-refractivity contribution in [2.24, 2.45) is 0 Å². The number of aromatic amines is 1. The molecule has 2 aromatic rings. The summed E-state index contributed by atoms with van der Waals surface area (Å²) in [6, 6.07) is 6.10. The second kappa shape index (κ2) is 4.34. The van der Waals surface area contributed by atoms with E-state index >= 15 is 0 Å². The third kappa shape index (κ3) is 1.78. The second-order valence-corrected chi connectivity index (χ2v) is 4.40. The Hall–Kier alpha value is -2.90. The molecule has 0 saturated heterocycles. The molecule has 1 aliphatic rings. The van der Waals surface area contributed by atoms with Gasteiger partial charge >= 0.3 is 5.97 Å². The van der Waals surface area contributed by atoms with Crippen molar-refractivity contribution in [1.29, 1.82) is 0 Å². The molecule has 0 aliphatic carbocycles. The molecule has 0 fully saturated rings. The molecular weight excluding hydrogens is 262 g/mol. The van der Waals surface area contributed by atoms with E-state index in [2.05, 4.69) is 15.2 Å². The molecule has 1 aliphatic heterocycles. The van der Waals surface area contributed by atoms with Gasteiger partial charge in [0.15, 0.2) is 0 Å². The molecule has 0 saturated carbocycles. The summed E-state index contributed by atoms with van der Waals surface area (Å²) < 4.78 is 0. The van der Waals surface area contributed by atoms with Crippen LogP contribution in [0.3, 0.4) is 0 Å². The van der Waals surface area contributed by atoms with Gasteiger partial charge in [-0.25, -0.2) is 4.79 Å². The lowest BCUT2D eigenvalue weighted by atomic mass is 10.1. The topological polar surface area (TPSA) is 125 Å². The van der Waals surface area contributed by atoms with Crippen molar-refractivity contribution in [1.82, 2.24) is 15.2 Å². The van der Waals surface area contributed by atoms with E-state index in [-0.39, 0.29) is 18.2 Å². The van der Waals surface area contributed by atoms with Crippen molar-refractivity contribution in [2.45, 2.75) is 12.5 Å². The highest BCUT2D eigenvalue weighted by molar-refractivity contribution is 6.09. The maximum Gasteiger partial charge on any atom is 0.327 e. The van der Waals surface area contributed by atoms with E-state index in [4.69, 9.17) is 5.73 Å². The SMILES string of the molecule is Nc1n[nH]c(C(=O)N2c3ccccc3CC2C(=O)O)n1. The number of amides is 1. The van der Waals surface area contributed by atoms with Crippen LogP contribution >= 0.6 is 0 Å². The van der Waals surface area contributed by atoms with Crippen LogP contribution in [0.25, 0.3) is 0 Å². The molecule has 0 radical (unpaired) electrons. The third-order valence-corrected chi connectivity index (χ3v) is 3.19. The van der Waals surface area contributed by atoms with Gasteiger partial charge in [-0.05, 0) is 11.6 Å². The van der Waals surface area contributed by atoms with Gasteiger partial charge < -0.3 is 10.8 Å². The van der Waals surface area contributed by atoms with Gasteiger partial charge in [-0.15, -0.1) is 5.10 Å². The Balaban J connectivity index is 2.04. The summed E-state index contributed by atoms with van der Waals surface area (Å²) in [6.07, 6.45) is 0.265. The first-order valence-corrected chi connectivity index (χ1v) is 5.90. The number of anilines is 2. The highest BCUT2D eigenvalue weighted by Crippen LogP contribution is 2.33. The lowest BCUT2D eigenvalue weighted by Gasteiger charge is -2.21. The maximum absolute atomic E-state index is 12.4. The smallest absolute Gasteiger partial charge is 0.327 e. The van der Waals surface area contributed by atoms with Gasteiger partial charge in [0.05, 0.1) is 0 Å². The summed E-state index contributed by atoms with van der Waals surface area (Å²) in [5.74, 6) is -1.77. The van der Waals surface area contributed by atoms with E-state index in [0.29, 0.717) is 5.69 Å². The van der Waals surface area contributed by atoms with Crippen molar-refractivity contribution in [2.75, 3.05) is 10.6 Å². The Morgan fingerprint density at radius 1 is 1.40 bits per heavy atom. The molecule has 8 heteroatoms. The first kappa shape index (κ1) is 12.2. The van der Waals surface area contributed by atoms with Gasteiger partial charge in [-0.3, -0.25) is 14.8 Å². The monoisotopic (exact) mass is 273 g/mol. The van der Waals surface area contributed by atoms with Gasteiger partial charge in [-0.1, -0.05) is 18.2 Å². The zero-order valence-electron chi connectivity index (χ0n) is 10.3. The number of nitrogen functional groups attached to an aromatic ring is 1. The van der Waals surface area contributed by atoms with Crippen molar-refractivity contribution >= 4 is 23.5 Å². The van der Waals surface area contributed by atoms with E-state index in [1.54, 1.807) is 24.3 Å². The lowest BCUT2D eigenvalue weighted by Crippen LogP contribution is -2.43. The number of carbonyl (C=O) groups is 2. The quantitative estimate of drug-likeness (QED) is 0.709. The van der Waals surface area contributed by atoms with Gasteiger partial charge in [0, 0.05) is 12.1 Å². The Bertz CT molecular complexity index is 696. The first-order valence-electron chi connectivity index (χ1n) is 5.90. The summed E-state index contributed by atoms with van der Waals surface area (Å²) in [7, 11) is 0. The number of hydrogen-bond acceptors (Lipinski definition) is 5. The largest absolute Gasteiger partial charge is 0.480 e. The number of nitrogens with one attached hydrogen (secondary N) is 1. The van der Waals surface area contributed by atoms with Gasteiger partial charge in [0.2, 0.25) is 11.8 Å². The molecule has 1 aromatic carbocycles. The minimum absolute atomic E-state index is 0.0623. The number of nitrogens with zero attached hydrogens (tertiary/aromatic N) is 3. The summed E-state index contributed by atoms with van der Waals surface area (Å²) in [5, 5.41) is 15.3. The number of aromatic nitrogens is 3. The fourth-order valence-electron chi connectivity index (χ4n) is 2.32. The number of H-pyrrole nitrogens is 1. The molecule has 20 heavy (non-hydrogen) atoms. The zero-order valence-corrected chi connectivity index (χ0v) is 10.3. The minimum Gasteiger partial charge on any atom is -0.480 e. The van der Waals surface area contributed by atoms with Crippen molar-refractivity contribution in [3.05, 3.63) is 35.7 Å². The van der Waals surface area contributed by atoms with Crippen molar-refractivity contribution < 1.29 is 14.7 Å². The highest BCUT2D eigenvalue weighted by Gasteiger charge is 2.39. The molecule has 4 N–H and O–H groups in total. The molecule has 1 atom stereocenters. The van der Waals surface area contributed by atoms with Crippen LogP contribution in [-0.4, -0.2) is 38.2 Å². The zero-order chi connectivity index (χ0) is 14.3. The molecule has 0 spiro atoms. The van der Waals surface area contributed by atoms with Crippen LogP contribution in [0.5, 0.6) is 0 Å². The molecule has 2 heterocycles. The predicted molar refractivity (Wildman–Crippen MR) is 69.2 cm³/mol. The molecule has 3 rings (SSSR count). The molecular formula is C12H11N5O3.